The number of ether oxygens (including phenoxy) is 3. The molecule has 55 heavy (non-hydrogen) atoms. The Morgan fingerprint density at radius 3 is 0.982 bits per heavy atom. The SMILES string of the molecule is CC(=O)NC(CS)C(=O)CCCCOCCCC(CCCOCCCCC(=O)C(CS)NC(C)=O)(CCCOCCCCC(=O)C(CS)NC(C)=O)[N+](=O)[O-]. The van der Waals surface area contributed by atoms with Gasteiger partial charge in [-0.3, -0.25) is 38.9 Å². The summed E-state index contributed by atoms with van der Waals surface area (Å²) in [5.41, 5.74) is -1.19. The first-order valence-corrected chi connectivity index (χ1v) is 21.2. The molecule has 18 heteroatoms. The van der Waals surface area contributed by atoms with Gasteiger partial charge in [-0.2, -0.15) is 37.9 Å². The van der Waals surface area contributed by atoms with Crippen LogP contribution < -0.4 is 16.0 Å². The van der Waals surface area contributed by atoms with Crippen LogP contribution in [0.15, 0.2) is 0 Å². The lowest BCUT2D eigenvalue weighted by atomic mass is 9.84. The van der Waals surface area contributed by atoms with Gasteiger partial charge < -0.3 is 30.2 Å². The number of rotatable bonds is 37. The van der Waals surface area contributed by atoms with E-state index in [2.05, 4.69) is 53.8 Å². The van der Waals surface area contributed by atoms with Gasteiger partial charge in [0.1, 0.15) is 0 Å². The molecule has 3 amide bonds. The van der Waals surface area contributed by atoms with Gasteiger partial charge >= 0.3 is 0 Å². The van der Waals surface area contributed by atoms with Gasteiger partial charge in [-0.05, 0) is 57.8 Å². The van der Waals surface area contributed by atoms with E-state index >= 15 is 0 Å². The predicted octanol–water partition coefficient (Wildman–Crippen LogP) is 3.91. The molecule has 0 aliphatic heterocycles. The fourth-order valence-electron chi connectivity index (χ4n) is 5.92. The zero-order valence-electron chi connectivity index (χ0n) is 33.0. The Morgan fingerprint density at radius 1 is 0.509 bits per heavy atom. The molecule has 0 heterocycles. The number of carbonyl (C=O) groups is 6. The minimum Gasteiger partial charge on any atom is -0.381 e. The molecule has 3 atom stereocenters. The largest absolute Gasteiger partial charge is 0.381 e. The molecule has 3 N–H and O–H groups in total. The van der Waals surface area contributed by atoms with Gasteiger partial charge in [-0.15, -0.1) is 0 Å². The molecule has 0 rings (SSSR count). The summed E-state index contributed by atoms with van der Waals surface area (Å²) < 4.78 is 17.3. The first kappa shape index (κ1) is 52.8. The Bertz CT molecular complexity index is 1040. The Balaban J connectivity index is 4.87. The van der Waals surface area contributed by atoms with Crippen LogP contribution in [-0.4, -0.2) is 121 Å². The standard InChI is InChI=1S/C37H66N4O11S3/c1-28(42)38-31(25-53)34(45)13-4-7-19-50-22-10-16-37(41(48)49,17-11-23-51-20-8-5-14-35(46)32(26-54)39-29(2)43)18-12-24-52-21-9-6-15-36(47)33(27-55)40-30(3)44/h31-33,53-55H,4-27H2,1-3H3,(H,38,42)(H,39,43)(H,40,44). The van der Waals surface area contributed by atoms with E-state index in [4.69, 9.17) is 14.2 Å². The van der Waals surface area contributed by atoms with Crippen molar-refractivity contribution in [2.24, 2.45) is 0 Å². The number of amides is 3. The molecule has 0 aliphatic rings. The van der Waals surface area contributed by atoms with E-state index in [1.165, 1.54) is 20.8 Å². The van der Waals surface area contributed by atoms with Crippen molar-refractivity contribution in [1.82, 2.24) is 16.0 Å². The lowest BCUT2D eigenvalue weighted by molar-refractivity contribution is -0.574. The van der Waals surface area contributed by atoms with Crippen molar-refractivity contribution in [3.63, 3.8) is 0 Å². The van der Waals surface area contributed by atoms with Crippen molar-refractivity contribution >= 4 is 73.0 Å². The van der Waals surface area contributed by atoms with Crippen LogP contribution >= 0.6 is 37.9 Å². The molecule has 0 aromatic heterocycles. The maximum Gasteiger partial charge on any atom is 0.222 e. The third-order valence-electron chi connectivity index (χ3n) is 8.91. The number of carbonyl (C=O) groups excluding carboxylic acids is 6. The summed E-state index contributed by atoms with van der Waals surface area (Å²) in [5.74, 6) is -0.400. The Morgan fingerprint density at radius 2 is 0.764 bits per heavy atom. The number of ketones is 3. The zero-order valence-corrected chi connectivity index (χ0v) is 35.7. The second-order valence-electron chi connectivity index (χ2n) is 13.7. The molecule has 15 nitrogen and oxygen atoms in total. The minimum absolute atomic E-state index is 0.0821. The fourth-order valence-corrected chi connectivity index (χ4v) is 6.80. The Labute approximate surface area is 343 Å². The monoisotopic (exact) mass is 838 g/mol. The van der Waals surface area contributed by atoms with E-state index < -0.39 is 23.7 Å². The molecular weight excluding hydrogens is 773 g/mol. The molecular formula is C37H66N4O11S3. The van der Waals surface area contributed by atoms with E-state index in [0.29, 0.717) is 136 Å². The minimum atomic E-state index is -1.19. The third-order valence-corrected chi connectivity index (χ3v) is 10.0. The molecule has 3 unspecified atom stereocenters. The normalized spacial score (nSPS) is 13.9. The van der Waals surface area contributed by atoms with Crippen molar-refractivity contribution in [2.45, 2.75) is 141 Å². The first-order valence-electron chi connectivity index (χ1n) is 19.3. The highest BCUT2D eigenvalue weighted by Crippen LogP contribution is 2.29. The number of hydrogen-bond acceptors (Lipinski definition) is 14. The highest BCUT2D eigenvalue weighted by Gasteiger charge is 2.41. The maximum atomic E-state index is 12.6. The molecule has 0 radical (unpaired) electrons. The van der Waals surface area contributed by atoms with E-state index in [1.54, 1.807) is 0 Å². The molecule has 318 valence electrons. The lowest BCUT2D eigenvalue weighted by Crippen LogP contribution is -2.41. The number of unbranched alkanes of at least 4 members (excludes halogenated alkanes) is 3. The van der Waals surface area contributed by atoms with Crippen LogP contribution in [-0.2, 0) is 43.0 Å². The quantitative estimate of drug-likeness (QED) is 0.0229. The van der Waals surface area contributed by atoms with Gasteiger partial charge in [0, 0.05) is 121 Å². The highest BCUT2D eigenvalue weighted by atomic mass is 32.1. The van der Waals surface area contributed by atoms with Crippen LogP contribution in [0.3, 0.4) is 0 Å². The molecule has 0 bridgehead atoms. The third kappa shape index (κ3) is 26.3. The van der Waals surface area contributed by atoms with Crippen molar-refractivity contribution in [3.8, 4) is 0 Å². The van der Waals surface area contributed by atoms with Crippen LogP contribution in [0.4, 0.5) is 0 Å². The van der Waals surface area contributed by atoms with Crippen LogP contribution in [0.25, 0.3) is 0 Å². The topological polar surface area (TPSA) is 209 Å². The average molecular weight is 839 g/mol. The van der Waals surface area contributed by atoms with Crippen LogP contribution in [0, 0.1) is 10.1 Å². The van der Waals surface area contributed by atoms with Gasteiger partial charge in [-0.1, -0.05) is 0 Å². The van der Waals surface area contributed by atoms with Crippen LogP contribution in [0.1, 0.15) is 117 Å². The number of thiol groups is 3. The van der Waals surface area contributed by atoms with Gasteiger partial charge in [-0.25, -0.2) is 0 Å². The summed E-state index contributed by atoms with van der Waals surface area (Å²) in [4.78, 5) is 83.1. The number of Topliss-reactive ketones (excluding diaryl/α,β-unsaturated/α-hetero) is 3. The Kier molecular flexibility index (Phi) is 31.5. The molecule has 0 aromatic rings. The smallest absolute Gasteiger partial charge is 0.222 e. The second-order valence-corrected chi connectivity index (χ2v) is 14.8. The Hall–Kier alpha value is -2.25. The lowest BCUT2D eigenvalue weighted by Gasteiger charge is -2.26. The summed E-state index contributed by atoms with van der Waals surface area (Å²) in [6, 6.07) is -1.83. The number of nitrogens with one attached hydrogen (secondary N) is 3. The molecule has 0 saturated carbocycles. The average Bonchev–Trinajstić information content (AvgIpc) is 3.13. The summed E-state index contributed by atoms with van der Waals surface area (Å²) >= 11 is 12.4. The number of nitro groups is 1. The predicted molar refractivity (Wildman–Crippen MR) is 221 cm³/mol. The van der Waals surface area contributed by atoms with E-state index in [0.717, 1.165) is 0 Å². The van der Waals surface area contributed by atoms with Gasteiger partial charge in [0.15, 0.2) is 17.3 Å². The zero-order chi connectivity index (χ0) is 41.5. The molecule has 0 fully saturated rings. The van der Waals surface area contributed by atoms with Gasteiger partial charge in [0.25, 0.3) is 0 Å². The second kappa shape index (κ2) is 32.8. The summed E-state index contributed by atoms with van der Waals surface area (Å²) in [6.45, 7) is 6.31. The summed E-state index contributed by atoms with van der Waals surface area (Å²) in [6.07, 6.45) is 6.94. The van der Waals surface area contributed by atoms with Crippen molar-refractivity contribution in [2.75, 3.05) is 56.9 Å². The molecule has 0 saturated heterocycles. The van der Waals surface area contributed by atoms with E-state index in [9.17, 15) is 38.9 Å². The van der Waals surface area contributed by atoms with E-state index in [-0.39, 0.29) is 57.3 Å². The maximum absolute atomic E-state index is 12.6. The van der Waals surface area contributed by atoms with Crippen molar-refractivity contribution in [3.05, 3.63) is 10.1 Å². The summed E-state index contributed by atoms with van der Waals surface area (Å²) in [5, 5.41) is 20.3. The number of hydrogen-bond donors (Lipinski definition) is 6. The fraction of sp³-hybridized carbons (Fsp3) is 0.838. The molecule has 0 spiro atoms. The first-order chi connectivity index (χ1) is 26.2. The molecule has 0 aliphatic carbocycles. The highest BCUT2D eigenvalue weighted by molar-refractivity contribution is 7.80. The molecule has 0 aromatic carbocycles. The van der Waals surface area contributed by atoms with Crippen molar-refractivity contribution in [1.29, 1.82) is 0 Å². The van der Waals surface area contributed by atoms with Gasteiger partial charge in [0.05, 0.1) is 18.1 Å². The number of nitrogens with zero attached hydrogens (tertiary/aromatic N) is 1. The van der Waals surface area contributed by atoms with Crippen LogP contribution in [0.2, 0.25) is 0 Å². The van der Waals surface area contributed by atoms with Crippen LogP contribution in [0.5, 0.6) is 0 Å². The summed E-state index contributed by atoms with van der Waals surface area (Å²) in [7, 11) is 0. The van der Waals surface area contributed by atoms with E-state index in [1.807, 2.05) is 0 Å². The van der Waals surface area contributed by atoms with Gasteiger partial charge in [0.2, 0.25) is 23.3 Å². The van der Waals surface area contributed by atoms with Crippen molar-refractivity contribution < 1.29 is 47.9 Å².